The topological polar surface area (TPSA) is 49.9 Å². The Morgan fingerprint density at radius 2 is 1.93 bits per heavy atom. The molecule has 0 saturated heterocycles. The number of carbonyl (C=O) groups is 2. The van der Waals surface area contributed by atoms with Gasteiger partial charge < -0.3 is 14.5 Å². The van der Waals surface area contributed by atoms with Crippen molar-refractivity contribution in [3.05, 3.63) is 51.7 Å². The molecule has 0 unspecified atom stereocenters. The van der Waals surface area contributed by atoms with Crippen LogP contribution in [0.5, 0.6) is 5.75 Å². The van der Waals surface area contributed by atoms with Gasteiger partial charge in [0, 0.05) is 24.4 Å². The van der Waals surface area contributed by atoms with Crippen LogP contribution in [0.3, 0.4) is 0 Å². The van der Waals surface area contributed by atoms with Crippen molar-refractivity contribution in [3.8, 4) is 5.75 Å². The van der Waals surface area contributed by atoms with Gasteiger partial charge in [-0.3, -0.25) is 9.59 Å². The molecule has 0 spiro atoms. The average molecular weight is 429 g/mol. The zero-order valence-corrected chi connectivity index (χ0v) is 19.2. The number of carbonyl (C=O) groups excluding carboxylic acids is 2. The highest BCUT2D eigenvalue weighted by molar-refractivity contribution is 7.10. The number of rotatable bonds is 8. The zero-order chi connectivity index (χ0) is 21.7. The summed E-state index contributed by atoms with van der Waals surface area (Å²) in [6.07, 6.45) is 1.26. The molecule has 5 nitrogen and oxygen atoms in total. The van der Waals surface area contributed by atoms with E-state index in [0.29, 0.717) is 32.0 Å². The fourth-order valence-corrected chi connectivity index (χ4v) is 4.78. The molecule has 1 aliphatic rings. The molecule has 0 saturated carbocycles. The van der Waals surface area contributed by atoms with E-state index in [4.69, 9.17) is 4.74 Å². The Morgan fingerprint density at radius 3 is 2.57 bits per heavy atom. The van der Waals surface area contributed by atoms with Crippen LogP contribution >= 0.6 is 11.3 Å². The average Bonchev–Trinajstić information content (AvgIpc) is 3.24. The van der Waals surface area contributed by atoms with Crippen LogP contribution in [0.15, 0.2) is 35.7 Å². The molecule has 2 heterocycles. The van der Waals surface area contributed by atoms with Crippen LogP contribution in [-0.4, -0.2) is 47.9 Å². The van der Waals surface area contributed by atoms with Crippen LogP contribution in [-0.2, 0) is 16.0 Å². The van der Waals surface area contributed by atoms with Gasteiger partial charge in [-0.05, 0) is 54.0 Å². The highest BCUT2D eigenvalue weighted by Gasteiger charge is 2.33. The normalized spacial score (nSPS) is 15.8. The van der Waals surface area contributed by atoms with E-state index in [0.717, 1.165) is 12.2 Å². The van der Waals surface area contributed by atoms with Crippen molar-refractivity contribution in [3.63, 3.8) is 0 Å². The summed E-state index contributed by atoms with van der Waals surface area (Å²) in [7, 11) is 0. The van der Waals surface area contributed by atoms with Crippen molar-refractivity contribution in [2.75, 3.05) is 26.2 Å². The molecule has 0 bridgehead atoms. The van der Waals surface area contributed by atoms with E-state index in [1.165, 1.54) is 16.0 Å². The molecule has 6 heteroatoms. The number of likely N-dealkylation sites (N-methyl/N-ethyl adjacent to an activating group) is 1. The Morgan fingerprint density at radius 1 is 1.20 bits per heavy atom. The number of nitrogens with zero attached hydrogens (tertiary/aromatic N) is 2. The monoisotopic (exact) mass is 428 g/mol. The molecule has 1 aromatic carbocycles. The lowest BCUT2D eigenvalue weighted by Gasteiger charge is -2.37. The van der Waals surface area contributed by atoms with Crippen LogP contribution in [0, 0.1) is 0 Å². The second-order valence-corrected chi connectivity index (χ2v) is 8.95. The van der Waals surface area contributed by atoms with Crippen molar-refractivity contribution in [1.29, 1.82) is 0 Å². The van der Waals surface area contributed by atoms with E-state index in [1.807, 2.05) is 30.9 Å². The summed E-state index contributed by atoms with van der Waals surface area (Å²) >= 11 is 1.74. The smallest absolute Gasteiger partial charge is 0.242 e. The van der Waals surface area contributed by atoms with Crippen molar-refractivity contribution in [2.24, 2.45) is 0 Å². The highest BCUT2D eigenvalue weighted by Crippen LogP contribution is 2.34. The van der Waals surface area contributed by atoms with Gasteiger partial charge in [-0.25, -0.2) is 0 Å². The maximum absolute atomic E-state index is 13.1. The minimum atomic E-state index is -0.132. The lowest BCUT2D eigenvalue weighted by atomic mass is 10.00. The molecule has 30 heavy (non-hydrogen) atoms. The standard InChI is InChI=1S/C24H32N2O3S/c1-5-23(27)25(6-2)15-24(28)26-13-11-22-20(12-14-30-22)21(26)16-29-19-9-7-18(8-10-19)17(3)4/h7-10,12,14,17,21H,5-6,11,13,15-16H2,1-4H3/t21-/m1/s1. The summed E-state index contributed by atoms with van der Waals surface area (Å²) in [5.41, 5.74) is 2.44. The van der Waals surface area contributed by atoms with E-state index in [2.05, 4.69) is 37.4 Å². The highest BCUT2D eigenvalue weighted by atomic mass is 32.1. The Labute approximate surface area is 183 Å². The molecule has 0 N–H and O–H groups in total. The molecule has 1 atom stereocenters. The van der Waals surface area contributed by atoms with Gasteiger partial charge in [0.2, 0.25) is 11.8 Å². The second-order valence-electron chi connectivity index (χ2n) is 7.95. The van der Waals surface area contributed by atoms with E-state index in [9.17, 15) is 9.59 Å². The summed E-state index contributed by atoms with van der Waals surface area (Å²) in [6, 6.07) is 10.1. The van der Waals surface area contributed by atoms with Crippen molar-refractivity contribution < 1.29 is 14.3 Å². The predicted molar refractivity (Wildman–Crippen MR) is 121 cm³/mol. The molecule has 1 aromatic heterocycles. The minimum absolute atomic E-state index is 0.0112. The van der Waals surface area contributed by atoms with E-state index in [-0.39, 0.29) is 24.4 Å². The van der Waals surface area contributed by atoms with Gasteiger partial charge >= 0.3 is 0 Å². The Hall–Kier alpha value is -2.34. The van der Waals surface area contributed by atoms with Gasteiger partial charge in [0.15, 0.2) is 0 Å². The van der Waals surface area contributed by atoms with Crippen LogP contribution < -0.4 is 4.74 Å². The fourth-order valence-electron chi connectivity index (χ4n) is 3.85. The number of amides is 2. The summed E-state index contributed by atoms with van der Waals surface area (Å²) in [5, 5.41) is 2.09. The van der Waals surface area contributed by atoms with E-state index >= 15 is 0 Å². The van der Waals surface area contributed by atoms with E-state index < -0.39 is 0 Å². The van der Waals surface area contributed by atoms with Gasteiger partial charge in [0.05, 0.1) is 12.6 Å². The molecule has 3 rings (SSSR count). The third-order valence-corrected chi connectivity index (χ3v) is 6.73. The molecule has 162 valence electrons. The molecule has 1 aliphatic heterocycles. The van der Waals surface area contributed by atoms with Gasteiger partial charge in [-0.15, -0.1) is 11.3 Å². The maximum atomic E-state index is 13.1. The third kappa shape index (κ3) is 5.04. The van der Waals surface area contributed by atoms with Crippen molar-refractivity contribution in [1.82, 2.24) is 9.80 Å². The Kier molecular flexibility index (Phi) is 7.53. The molecule has 2 aromatic rings. The molecule has 0 aliphatic carbocycles. The van der Waals surface area contributed by atoms with Gasteiger partial charge in [-0.1, -0.05) is 32.9 Å². The summed E-state index contributed by atoms with van der Waals surface area (Å²) in [6.45, 7) is 9.81. The van der Waals surface area contributed by atoms with Crippen LogP contribution in [0.4, 0.5) is 0 Å². The predicted octanol–water partition coefficient (Wildman–Crippen LogP) is 4.63. The Bertz CT molecular complexity index is 860. The number of hydrogen-bond acceptors (Lipinski definition) is 4. The number of thiophene rings is 1. The fraction of sp³-hybridized carbons (Fsp3) is 0.500. The number of hydrogen-bond donors (Lipinski definition) is 0. The first-order valence-corrected chi connectivity index (χ1v) is 11.7. The summed E-state index contributed by atoms with van der Waals surface area (Å²) < 4.78 is 6.12. The first-order chi connectivity index (χ1) is 14.4. The first-order valence-electron chi connectivity index (χ1n) is 10.8. The number of benzene rings is 1. The minimum Gasteiger partial charge on any atom is -0.491 e. The lowest BCUT2D eigenvalue weighted by Crippen LogP contribution is -2.47. The third-order valence-electron chi connectivity index (χ3n) is 5.73. The quantitative estimate of drug-likeness (QED) is 0.616. The first kappa shape index (κ1) is 22.3. The molecule has 0 radical (unpaired) electrons. The van der Waals surface area contributed by atoms with Gasteiger partial charge in [-0.2, -0.15) is 0 Å². The van der Waals surface area contributed by atoms with E-state index in [1.54, 1.807) is 16.2 Å². The zero-order valence-electron chi connectivity index (χ0n) is 18.4. The van der Waals surface area contributed by atoms with Gasteiger partial charge in [0.25, 0.3) is 0 Å². The molecular formula is C24H32N2O3S. The second kappa shape index (κ2) is 10.1. The summed E-state index contributed by atoms with van der Waals surface area (Å²) in [5.74, 6) is 1.29. The van der Waals surface area contributed by atoms with Gasteiger partial charge in [0.1, 0.15) is 12.4 Å². The Balaban J connectivity index is 1.74. The van der Waals surface area contributed by atoms with Crippen molar-refractivity contribution >= 4 is 23.2 Å². The van der Waals surface area contributed by atoms with Crippen LogP contribution in [0.25, 0.3) is 0 Å². The maximum Gasteiger partial charge on any atom is 0.242 e. The largest absolute Gasteiger partial charge is 0.491 e. The van der Waals surface area contributed by atoms with Crippen LogP contribution in [0.2, 0.25) is 0 Å². The molecule has 2 amide bonds. The molecule has 0 fully saturated rings. The molecular weight excluding hydrogens is 396 g/mol. The number of fused-ring (bicyclic) bond motifs is 1. The summed E-state index contributed by atoms with van der Waals surface area (Å²) in [4.78, 5) is 30.1. The lowest BCUT2D eigenvalue weighted by molar-refractivity contribution is -0.142. The SMILES string of the molecule is CCC(=O)N(CC)CC(=O)N1CCc2sccc2[C@H]1COc1ccc(C(C)C)cc1. The van der Waals surface area contributed by atoms with Crippen molar-refractivity contribution in [2.45, 2.75) is 52.5 Å². The van der Waals surface area contributed by atoms with Crippen LogP contribution in [0.1, 0.15) is 62.1 Å². The number of ether oxygens (including phenoxy) is 1.